The van der Waals surface area contributed by atoms with Crippen molar-refractivity contribution < 1.29 is 14.2 Å². The standard InChI is InChI=1S/C10H21NO3/c1-11-3-7-12-5-2-6-13-9-10-14-8-4-11/h2-10H2,1H3. The molecule has 0 aromatic carbocycles. The summed E-state index contributed by atoms with van der Waals surface area (Å²) in [6.45, 7) is 6.50. The number of hydrogen-bond acceptors (Lipinski definition) is 4. The molecule has 0 N–H and O–H groups in total. The fourth-order valence-corrected chi connectivity index (χ4v) is 1.24. The molecule has 1 heterocycles. The molecule has 1 aliphatic heterocycles. The van der Waals surface area contributed by atoms with Crippen molar-refractivity contribution in [3.63, 3.8) is 0 Å². The van der Waals surface area contributed by atoms with E-state index >= 15 is 0 Å². The number of likely N-dealkylation sites (N-methyl/N-ethyl adjacent to an activating group) is 1. The zero-order valence-electron chi connectivity index (χ0n) is 9.04. The van der Waals surface area contributed by atoms with Gasteiger partial charge < -0.3 is 19.1 Å². The summed E-state index contributed by atoms with van der Waals surface area (Å²) in [5, 5.41) is 0. The number of rotatable bonds is 0. The molecular weight excluding hydrogens is 182 g/mol. The molecule has 0 unspecified atom stereocenters. The Balaban J connectivity index is 2.12. The van der Waals surface area contributed by atoms with Gasteiger partial charge in [0.15, 0.2) is 0 Å². The van der Waals surface area contributed by atoms with Gasteiger partial charge in [-0.15, -0.1) is 0 Å². The molecule has 0 aromatic heterocycles. The van der Waals surface area contributed by atoms with Crippen LogP contribution in [0.4, 0.5) is 0 Å². The average molecular weight is 203 g/mol. The Labute approximate surface area is 86.1 Å². The minimum absolute atomic E-state index is 0.698. The number of nitrogens with zero attached hydrogens (tertiary/aromatic N) is 1. The molecule has 4 heteroatoms. The molecule has 84 valence electrons. The maximum absolute atomic E-state index is 5.46. The molecule has 1 rings (SSSR count). The van der Waals surface area contributed by atoms with E-state index in [1.807, 2.05) is 0 Å². The van der Waals surface area contributed by atoms with Crippen LogP contribution in [0.3, 0.4) is 0 Å². The van der Waals surface area contributed by atoms with E-state index in [9.17, 15) is 0 Å². The molecular formula is C10H21NO3. The molecule has 0 aliphatic carbocycles. The molecule has 0 spiro atoms. The third kappa shape index (κ3) is 6.32. The van der Waals surface area contributed by atoms with Gasteiger partial charge in [-0.1, -0.05) is 0 Å². The lowest BCUT2D eigenvalue weighted by molar-refractivity contribution is 0.0394. The highest BCUT2D eigenvalue weighted by atomic mass is 16.5. The third-order valence-electron chi connectivity index (χ3n) is 2.18. The summed E-state index contributed by atoms with van der Waals surface area (Å²) < 4.78 is 16.2. The van der Waals surface area contributed by atoms with E-state index in [1.165, 1.54) is 0 Å². The summed E-state index contributed by atoms with van der Waals surface area (Å²) in [4.78, 5) is 2.22. The Morgan fingerprint density at radius 3 is 1.86 bits per heavy atom. The van der Waals surface area contributed by atoms with Gasteiger partial charge in [0.05, 0.1) is 26.4 Å². The number of hydrogen-bond donors (Lipinski definition) is 0. The van der Waals surface area contributed by atoms with E-state index in [4.69, 9.17) is 14.2 Å². The van der Waals surface area contributed by atoms with Crippen molar-refractivity contribution in [1.82, 2.24) is 4.90 Å². The van der Waals surface area contributed by atoms with E-state index in [1.54, 1.807) is 0 Å². The summed E-state index contributed by atoms with van der Waals surface area (Å²) in [7, 11) is 2.09. The lowest BCUT2D eigenvalue weighted by atomic mass is 10.5. The van der Waals surface area contributed by atoms with Crippen LogP contribution in [0.15, 0.2) is 0 Å². The van der Waals surface area contributed by atoms with Gasteiger partial charge >= 0.3 is 0 Å². The first-order chi connectivity index (χ1) is 6.89. The van der Waals surface area contributed by atoms with Crippen molar-refractivity contribution >= 4 is 0 Å². The minimum Gasteiger partial charge on any atom is -0.380 e. The lowest BCUT2D eigenvalue weighted by Gasteiger charge is -2.15. The second-order valence-electron chi connectivity index (χ2n) is 3.49. The molecule has 4 nitrogen and oxygen atoms in total. The summed E-state index contributed by atoms with van der Waals surface area (Å²) in [5.41, 5.74) is 0. The van der Waals surface area contributed by atoms with Crippen molar-refractivity contribution in [2.75, 3.05) is 59.8 Å². The Bertz CT molecular complexity index is 119. The van der Waals surface area contributed by atoms with Gasteiger partial charge in [0, 0.05) is 26.3 Å². The first-order valence-electron chi connectivity index (χ1n) is 5.31. The van der Waals surface area contributed by atoms with E-state index < -0.39 is 0 Å². The van der Waals surface area contributed by atoms with Gasteiger partial charge in [-0.2, -0.15) is 0 Å². The first-order valence-corrected chi connectivity index (χ1v) is 5.31. The number of ether oxygens (including phenoxy) is 3. The smallest absolute Gasteiger partial charge is 0.0701 e. The Kier molecular flexibility index (Phi) is 6.95. The molecule has 1 aliphatic rings. The highest BCUT2D eigenvalue weighted by molar-refractivity contribution is 4.50. The largest absolute Gasteiger partial charge is 0.380 e. The Hall–Kier alpha value is -0.160. The van der Waals surface area contributed by atoms with Gasteiger partial charge in [0.2, 0.25) is 0 Å². The van der Waals surface area contributed by atoms with Gasteiger partial charge in [-0.25, -0.2) is 0 Å². The van der Waals surface area contributed by atoms with Crippen LogP contribution in [0.1, 0.15) is 6.42 Å². The summed E-state index contributed by atoms with van der Waals surface area (Å²) >= 11 is 0. The molecule has 0 aromatic rings. The van der Waals surface area contributed by atoms with Crippen molar-refractivity contribution in [3.05, 3.63) is 0 Å². The van der Waals surface area contributed by atoms with Crippen LogP contribution in [0.5, 0.6) is 0 Å². The second kappa shape index (κ2) is 8.17. The summed E-state index contributed by atoms with van der Waals surface area (Å²) in [6, 6.07) is 0. The second-order valence-corrected chi connectivity index (χ2v) is 3.49. The Morgan fingerprint density at radius 1 is 0.714 bits per heavy atom. The van der Waals surface area contributed by atoms with Crippen LogP contribution in [0, 0.1) is 0 Å². The van der Waals surface area contributed by atoms with Gasteiger partial charge in [0.25, 0.3) is 0 Å². The average Bonchev–Trinajstić information content (AvgIpc) is 2.20. The molecule has 14 heavy (non-hydrogen) atoms. The molecule has 1 fully saturated rings. The highest BCUT2D eigenvalue weighted by Gasteiger charge is 1.99. The van der Waals surface area contributed by atoms with Crippen molar-refractivity contribution in [2.45, 2.75) is 6.42 Å². The maximum atomic E-state index is 5.46. The van der Waals surface area contributed by atoms with Crippen LogP contribution >= 0.6 is 0 Å². The molecule has 0 bridgehead atoms. The third-order valence-corrected chi connectivity index (χ3v) is 2.18. The lowest BCUT2D eigenvalue weighted by Crippen LogP contribution is -2.27. The van der Waals surface area contributed by atoms with Gasteiger partial charge in [-0.05, 0) is 13.5 Å². The summed E-state index contributed by atoms with van der Waals surface area (Å²) in [5.74, 6) is 0. The summed E-state index contributed by atoms with van der Waals surface area (Å²) in [6.07, 6.45) is 0.976. The highest BCUT2D eigenvalue weighted by Crippen LogP contribution is 1.90. The first kappa shape index (κ1) is 11.9. The van der Waals surface area contributed by atoms with Crippen LogP contribution in [-0.2, 0) is 14.2 Å². The van der Waals surface area contributed by atoms with Crippen molar-refractivity contribution in [3.8, 4) is 0 Å². The molecule has 0 atom stereocenters. The zero-order valence-corrected chi connectivity index (χ0v) is 9.04. The maximum Gasteiger partial charge on any atom is 0.0701 e. The van der Waals surface area contributed by atoms with E-state index in [0.717, 1.165) is 45.9 Å². The predicted octanol–water partition coefficient (Wildman–Crippen LogP) is 0.372. The van der Waals surface area contributed by atoms with Crippen LogP contribution in [-0.4, -0.2) is 64.7 Å². The van der Waals surface area contributed by atoms with E-state index in [-0.39, 0.29) is 0 Å². The van der Waals surface area contributed by atoms with E-state index in [2.05, 4.69) is 11.9 Å². The van der Waals surface area contributed by atoms with Gasteiger partial charge in [0.1, 0.15) is 0 Å². The van der Waals surface area contributed by atoms with Crippen LogP contribution in [0.25, 0.3) is 0 Å². The monoisotopic (exact) mass is 203 g/mol. The molecule has 0 saturated carbocycles. The normalized spacial score (nSPS) is 24.6. The van der Waals surface area contributed by atoms with Crippen molar-refractivity contribution in [2.24, 2.45) is 0 Å². The minimum atomic E-state index is 0.698. The Morgan fingerprint density at radius 2 is 1.21 bits per heavy atom. The van der Waals surface area contributed by atoms with Crippen LogP contribution in [0.2, 0.25) is 0 Å². The molecule has 0 radical (unpaired) electrons. The fourth-order valence-electron chi connectivity index (χ4n) is 1.24. The quantitative estimate of drug-likeness (QED) is 0.569. The molecule has 0 amide bonds. The predicted molar refractivity (Wildman–Crippen MR) is 54.6 cm³/mol. The van der Waals surface area contributed by atoms with Crippen LogP contribution < -0.4 is 0 Å². The fraction of sp³-hybridized carbons (Fsp3) is 1.00. The molecule has 1 saturated heterocycles. The van der Waals surface area contributed by atoms with E-state index in [0.29, 0.717) is 13.2 Å². The zero-order chi connectivity index (χ0) is 10.1. The van der Waals surface area contributed by atoms with Gasteiger partial charge in [-0.3, -0.25) is 0 Å². The topological polar surface area (TPSA) is 30.9 Å². The SMILES string of the molecule is CN1CCOCCCOCCOCC1. The van der Waals surface area contributed by atoms with Crippen molar-refractivity contribution in [1.29, 1.82) is 0 Å².